The van der Waals surface area contributed by atoms with Gasteiger partial charge in [-0.3, -0.25) is 4.79 Å². The number of hydrogen-bond acceptors (Lipinski definition) is 5. The van der Waals surface area contributed by atoms with Crippen LogP contribution in [0.2, 0.25) is 0 Å². The Morgan fingerprint density at radius 2 is 2.28 bits per heavy atom. The summed E-state index contributed by atoms with van der Waals surface area (Å²) in [5.41, 5.74) is 2.14. The van der Waals surface area contributed by atoms with Crippen molar-refractivity contribution >= 4 is 5.91 Å². The molecular formula is C18H23N5O2. The van der Waals surface area contributed by atoms with E-state index in [0.717, 1.165) is 43.5 Å². The zero-order valence-electron chi connectivity index (χ0n) is 14.7. The van der Waals surface area contributed by atoms with E-state index in [4.69, 9.17) is 4.74 Å². The molecule has 2 aliphatic heterocycles. The Labute approximate surface area is 146 Å². The van der Waals surface area contributed by atoms with Gasteiger partial charge in [-0.1, -0.05) is 18.6 Å². The molecule has 0 fully saturated rings. The molecule has 0 aliphatic carbocycles. The summed E-state index contributed by atoms with van der Waals surface area (Å²) in [4.78, 5) is 12.7. The molecule has 4 rings (SSSR count). The van der Waals surface area contributed by atoms with Gasteiger partial charge in [0, 0.05) is 19.5 Å². The van der Waals surface area contributed by atoms with Gasteiger partial charge in [0.2, 0.25) is 5.91 Å². The monoisotopic (exact) mass is 341 g/mol. The summed E-state index contributed by atoms with van der Waals surface area (Å²) in [5, 5.41) is 14.8. The van der Waals surface area contributed by atoms with Crippen molar-refractivity contribution in [1.29, 1.82) is 0 Å². The highest BCUT2D eigenvalue weighted by Gasteiger charge is 2.30. The number of amides is 1. The minimum atomic E-state index is -0.269. The van der Waals surface area contributed by atoms with Crippen molar-refractivity contribution in [3.05, 3.63) is 35.2 Å². The van der Waals surface area contributed by atoms with E-state index < -0.39 is 0 Å². The Balaban J connectivity index is 1.43. The van der Waals surface area contributed by atoms with E-state index in [0.29, 0.717) is 12.4 Å². The van der Waals surface area contributed by atoms with Crippen LogP contribution in [0.1, 0.15) is 56.0 Å². The standard InChI is InChI=1S/C18H23N5O2/c1-18(2)10-13-9-12(6-7-15(13)25-18)11-19-17(24)14-5-3-4-8-23-16(14)20-21-22-23/h6-7,9,14H,3-5,8,10-11H2,1-2H3,(H,19,24). The SMILES string of the molecule is CC1(C)Cc2cc(CNC(=O)C3CCCCn4nnnc43)ccc2O1. The van der Waals surface area contributed by atoms with Gasteiger partial charge in [0.05, 0.1) is 5.92 Å². The molecule has 132 valence electrons. The molecule has 1 aromatic carbocycles. The highest BCUT2D eigenvalue weighted by molar-refractivity contribution is 5.82. The van der Waals surface area contributed by atoms with Gasteiger partial charge in [0.25, 0.3) is 0 Å². The van der Waals surface area contributed by atoms with E-state index in [1.54, 1.807) is 4.68 Å². The summed E-state index contributed by atoms with van der Waals surface area (Å²) in [6.45, 7) is 5.46. The summed E-state index contributed by atoms with van der Waals surface area (Å²) < 4.78 is 7.66. The van der Waals surface area contributed by atoms with E-state index in [2.05, 4.69) is 40.8 Å². The average Bonchev–Trinajstić information content (AvgIpc) is 3.08. The third kappa shape index (κ3) is 3.23. The lowest BCUT2D eigenvalue weighted by Crippen LogP contribution is -2.30. The first-order valence-electron chi connectivity index (χ1n) is 8.86. The maximum atomic E-state index is 12.7. The topological polar surface area (TPSA) is 81.9 Å². The fraction of sp³-hybridized carbons (Fsp3) is 0.556. The molecule has 2 aliphatic rings. The zero-order chi connectivity index (χ0) is 17.4. The summed E-state index contributed by atoms with van der Waals surface area (Å²) in [6.07, 6.45) is 3.68. The van der Waals surface area contributed by atoms with E-state index in [1.807, 2.05) is 12.1 Å². The molecule has 0 spiro atoms. The second kappa shape index (κ2) is 6.13. The fourth-order valence-corrected chi connectivity index (χ4v) is 3.69. The molecule has 3 heterocycles. The van der Waals surface area contributed by atoms with Crippen LogP contribution in [0.25, 0.3) is 0 Å². The molecule has 0 saturated carbocycles. The number of aromatic nitrogens is 4. The van der Waals surface area contributed by atoms with Crippen LogP contribution in [0.4, 0.5) is 0 Å². The average molecular weight is 341 g/mol. The zero-order valence-corrected chi connectivity index (χ0v) is 14.7. The summed E-state index contributed by atoms with van der Waals surface area (Å²) >= 11 is 0. The Morgan fingerprint density at radius 1 is 1.40 bits per heavy atom. The number of nitrogens with zero attached hydrogens (tertiary/aromatic N) is 4. The predicted octanol–water partition coefficient (Wildman–Crippen LogP) is 1.97. The van der Waals surface area contributed by atoms with Crippen molar-refractivity contribution in [3.8, 4) is 5.75 Å². The number of hydrogen-bond donors (Lipinski definition) is 1. The number of rotatable bonds is 3. The van der Waals surface area contributed by atoms with E-state index in [9.17, 15) is 4.79 Å². The molecule has 1 amide bonds. The number of nitrogens with one attached hydrogen (secondary N) is 1. The minimum Gasteiger partial charge on any atom is -0.487 e. The molecule has 1 aromatic heterocycles. The van der Waals surface area contributed by atoms with Gasteiger partial charge in [0.15, 0.2) is 5.82 Å². The maximum absolute atomic E-state index is 12.7. The molecule has 0 saturated heterocycles. The number of aryl methyl sites for hydroxylation is 1. The highest BCUT2D eigenvalue weighted by Crippen LogP contribution is 2.35. The van der Waals surface area contributed by atoms with Crippen molar-refractivity contribution in [2.75, 3.05) is 0 Å². The van der Waals surface area contributed by atoms with Crippen LogP contribution in [0.3, 0.4) is 0 Å². The van der Waals surface area contributed by atoms with Gasteiger partial charge in [-0.25, -0.2) is 4.68 Å². The number of benzene rings is 1. The van der Waals surface area contributed by atoms with Crippen molar-refractivity contribution in [3.63, 3.8) is 0 Å². The van der Waals surface area contributed by atoms with Crippen LogP contribution < -0.4 is 10.1 Å². The molecule has 7 heteroatoms. The van der Waals surface area contributed by atoms with Crippen LogP contribution in [0.5, 0.6) is 5.75 Å². The highest BCUT2D eigenvalue weighted by atomic mass is 16.5. The quantitative estimate of drug-likeness (QED) is 0.923. The summed E-state index contributed by atoms with van der Waals surface area (Å²) in [6, 6.07) is 6.14. The van der Waals surface area contributed by atoms with Gasteiger partial charge in [0.1, 0.15) is 11.4 Å². The normalized spacial score (nSPS) is 21.0. The van der Waals surface area contributed by atoms with Crippen molar-refractivity contribution in [1.82, 2.24) is 25.5 Å². The minimum absolute atomic E-state index is 0.00460. The first kappa shape index (κ1) is 16.1. The van der Waals surface area contributed by atoms with Gasteiger partial charge in [-0.15, -0.1) is 5.10 Å². The molecule has 0 bridgehead atoms. The largest absolute Gasteiger partial charge is 0.487 e. The number of carbonyl (C=O) groups excluding carboxylic acids is 1. The first-order valence-corrected chi connectivity index (χ1v) is 8.86. The van der Waals surface area contributed by atoms with Crippen molar-refractivity contribution < 1.29 is 9.53 Å². The Kier molecular flexibility index (Phi) is 3.94. The molecule has 1 atom stereocenters. The number of tetrazole rings is 1. The molecule has 25 heavy (non-hydrogen) atoms. The molecule has 0 radical (unpaired) electrons. The molecule has 1 N–H and O–H groups in total. The van der Waals surface area contributed by atoms with Crippen molar-refractivity contribution in [2.45, 2.75) is 64.1 Å². The maximum Gasteiger partial charge on any atom is 0.231 e. The van der Waals surface area contributed by atoms with Crippen LogP contribution >= 0.6 is 0 Å². The third-order valence-electron chi connectivity index (χ3n) is 4.89. The predicted molar refractivity (Wildman–Crippen MR) is 91.1 cm³/mol. The lowest BCUT2D eigenvalue weighted by Gasteiger charge is -2.16. The Hall–Kier alpha value is -2.44. The smallest absolute Gasteiger partial charge is 0.231 e. The molecular weight excluding hydrogens is 318 g/mol. The van der Waals surface area contributed by atoms with Gasteiger partial charge in [-0.2, -0.15) is 0 Å². The number of fused-ring (bicyclic) bond motifs is 2. The second-order valence-corrected chi connectivity index (χ2v) is 7.51. The summed E-state index contributed by atoms with van der Waals surface area (Å²) in [7, 11) is 0. The molecule has 1 unspecified atom stereocenters. The van der Waals surface area contributed by atoms with E-state index >= 15 is 0 Å². The third-order valence-corrected chi connectivity index (χ3v) is 4.89. The lowest BCUT2D eigenvalue weighted by atomic mass is 9.99. The Morgan fingerprint density at radius 3 is 3.16 bits per heavy atom. The van der Waals surface area contributed by atoms with Crippen LogP contribution in [0, 0.1) is 0 Å². The fourth-order valence-electron chi connectivity index (χ4n) is 3.69. The molecule has 7 nitrogen and oxygen atoms in total. The van der Waals surface area contributed by atoms with Crippen LogP contribution in [-0.2, 0) is 24.3 Å². The Bertz CT molecular complexity index is 799. The van der Waals surface area contributed by atoms with Gasteiger partial charge >= 0.3 is 0 Å². The number of ether oxygens (including phenoxy) is 1. The first-order chi connectivity index (χ1) is 12.0. The number of carbonyl (C=O) groups is 1. The van der Waals surface area contributed by atoms with E-state index in [-0.39, 0.29) is 17.4 Å². The summed E-state index contributed by atoms with van der Waals surface area (Å²) in [5.74, 6) is 1.35. The van der Waals surface area contributed by atoms with Gasteiger partial charge in [-0.05, 0) is 54.3 Å². The van der Waals surface area contributed by atoms with E-state index in [1.165, 1.54) is 5.56 Å². The second-order valence-electron chi connectivity index (χ2n) is 7.51. The van der Waals surface area contributed by atoms with Gasteiger partial charge < -0.3 is 10.1 Å². The van der Waals surface area contributed by atoms with Crippen molar-refractivity contribution in [2.24, 2.45) is 0 Å². The van der Waals surface area contributed by atoms with Crippen LogP contribution in [-0.4, -0.2) is 31.7 Å². The molecule has 2 aromatic rings. The lowest BCUT2D eigenvalue weighted by molar-refractivity contribution is -0.123. The van der Waals surface area contributed by atoms with Crippen LogP contribution in [0.15, 0.2) is 18.2 Å².